The van der Waals surface area contributed by atoms with Crippen LogP contribution in [0.3, 0.4) is 0 Å². The molecule has 84 valence electrons. The number of aromatic nitrogens is 1. The summed E-state index contributed by atoms with van der Waals surface area (Å²) in [5.41, 5.74) is 1.12. The zero-order valence-electron chi connectivity index (χ0n) is 8.91. The predicted octanol–water partition coefficient (Wildman–Crippen LogP) is 2.14. The van der Waals surface area contributed by atoms with Crippen LogP contribution in [0.1, 0.15) is 5.01 Å². The van der Waals surface area contributed by atoms with E-state index < -0.39 is 0 Å². The van der Waals surface area contributed by atoms with Crippen LogP contribution in [0, 0.1) is 0 Å². The minimum Gasteiger partial charge on any atom is -0.395 e. The number of hydrogen-bond donors (Lipinski definition) is 1. The van der Waals surface area contributed by atoms with Gasteiger partial charge in [-0.1, -0.05) is 18.2 Å². The summed E-state index contributed by atoms with van der Waals surface area (Å²) in [4.78, 5) is 6.38. The van der Waals surface area contributed by atoms with Gasteiger partial charge in [-0.25, -0.2) is 4.98 Å². The third-order valence-corrected chi connectivity index (χ3v) is 3.07. The highest BCUT2D eigenvalue weighted by Gasteiger charge is 2.07. The zero-order valence-corrected chi connectivity index (χ0v) is 9.73. The van der Waals surface area contributed by atoms with E-state index in [2.05, 4.69) is 9.88 Å². The Labute approximate surface area is 99.0 Å². The SMILES string of the molecule is OCCN(Cc1nccs1)c1ccccc1. The van der Waals surface area contributed by atoms with Crippen LogP contribution < -0.4 is 4.90 Å². The van der Waals surface area contributed by atoms with Crippen LogP contribution in [0.2, 0.25) is 0 Å². The van der Waals surface area contributed by atoms with E-state index >= 15 is 0 Å². The molecule has 0 fully saturated rings. The number of anilines is 1. The molecule has 0 bridgehead atoms. The molecule has 0 aliphatic carbocycles. The number of rotatable bonds is 5. The zero-order chi connectivity index (χ0) is 11.2. The Morgan fingerprint density at radius 1 is 1.25 bits per heavy atom. The minimum atomic E-state index is 0.153. The van der Waals surface area contributed by atoms with Crippen LogP contribution in [0.25, 0.3) is 0 Å². The molecule has 0 radical (unpaired) electrons. The van der Waals surface area contributed by atoms with Crippen LogP contribution in [-0.4, -0.2) is 23.2 Å². The van der Waals surface area contributed by atoms with Gasteiger partial charge in [0, 0.05) is 23.8 Å². The summed E-state index contributed by atoms with van der Waals surface area (Å²) in [5.74, 6) is 0. The molecule has 3 nitrogen and oxygen atoms in total. The summed E-state index contributed by atoms with van der Waals surface area (Å²) in [6.07, 6.45) is 1.81. The van der Waals surface area contributed by atoms with Crippen LogP contribution in [0.5, 0.6) is 0 Å². The second-order valence-electron chi connectivity index (χ2n) is 3.41. The number of thiazole rings is 1. The van der Waals surface area contributed by atoms with Crippen molar-refractivity contribution in [2.24, 2.45) is 0 Å². The lowest BCUT2D eigenvalue weighted by Gasteiger charge is -2.22. The number of hydrogen-bond acceptors (Lipinski definition) is 4. The van der Waals surface area contributed by atoms with Crippen LogP contribution >= 0.6 is 11.3 Å². The second-order valence-corrected chi connectivity index (χ2v) is 4.39. The van der Waals surface area contributed by atoms with Crippen LogP contribution in [-0.2, 0) is 6.54 Å². The first-order valence-electron chi connectivity index (χ1n) is 5.19. The molecular weight excluding hydrogens is 220 g/mol. The van der Waals surface area contributed by atoms with Gasteiger partial charge in [-0.2, -0.15) is 0 Å². The molecule has 1 heterocycles. The first-order valence-corrected chi connectivity index (χ1v) is 6.07. The Morgan fingerprint density at radius 2 is 2.06 bits per heavy atom. The van der Waals surface area contributed by atoms with Gasteiger partial charge in [0.2, 0.25) is 0 Å². The number of aliphatic hydroxyl groups excluding tert-OH is 1. The van der Waals surface area contributed by atoms with Crippen molar-refractivity contribution in [3.05, 3.63) is 46.9 Å². The molecule has 0 unspecified atom stereocenters. The molecule has 1 aromatic heterocycles. The average molecular weight is 234 g/mol. The number of benzene rings is 1. The maximum Gasteiger partial charge on any atom is 0.112 e. The van der Waals surface area contributed by atoms with Gasteiger partial charge in [-0.05, 0) is 12.1 Å². The van der Waals surface area contributed by atoms with Gasteiger partial charge in [-0.3, -0.25) is 0 Å². The summed E-state index contributed by atoms with van der Waals surface area (Å²) < 4.78 is 0. The van der Waals surface area contributed by atoms with E-state index in [1.807, 2.05) is 41.9 Å². The number of aliphatic hydroxyl groups is 1. The summed E-state index contributed by atoms with van der Waals surface area (Å²) in [5, 5.41) is 12.1. The molecule has 0 saturated heterocycles. The predicted molar refractivity (Wildman–Crippen MR) is 66.7 cm³/mol. The Morgan fingerprint density at radius 3 is 2.69 bits per heavy atom. The normalized spacial score (nSPS) is 10.3. The van der Waals surface area contributed by atoms with E-state index in [1.54, 1.807) is 11.3 Å². The third-order valence-electron chi connectivity index (χ3n) is 2.30. The highest BCUT2D eigenvalue weighted by atomic mass is 32.1. The lowest BCUT2D eigenvalue weighted by molar-refractivity contribution is 0.301. The monoisotopic (exact) mass is 234 g/mol. The highest BCUT2D eigenvalue weighted by Crippen LogP contribution is 2.17. The van der Waals surface area contributed by atoms with Crippen molar-refractivity contribution in [2.45, 2.75) is 6.54 Å². The van der Waals surface area contributed by atoms with E-state index in [0.29, 0.717) is 6.54 Å². The van der Waals surface area contributed by atoms with Gasteiger partial charge >= 0.3 is 0 Å². The molecule has 0 saturated carbocycles. The van der Waals surface area contributed by atoms with Crippen molar-refractivity contribution in [1.29, 1.82) is 0 Å². The summed E-state index contributed by atoms with van der Waals surface area (Å²) in [7, 11) is 0. The van der Waals surface area contributed by atoms with E-state index in [-0.39, 0.29) is 6.61 Å². The largest absolute Gasteiger partial charge is 0.395 e. The van der Waals surface area contributed by atoms with Gasteiger partial charge < -0.3 is 10.0 Å². The first kappa shape index (κ1) is 11.1. The fourth-order valence-electron chi connectivity index (χ4n) is 1.55. The van der Waals surface area contributed by atoms with Crippen molar-refractivity contribution >= 4 is 17.0 Å². The third kappa shape index (κ3) is 2.81. The van der Waals surface area contributed by atoms with Gasteiger partial charge in [0.25, 0.3) is 0 Å². The number of para-hydroxylation sites is 1. The Kier molecular flexibility index (Phi) is 3.91. The first-order chi connectivity index (χ1) is 7.90. The standard InChI is InChI=1S/C12H14N2OS/c15-8-7-14(10-12-13-6-9-16-12)11-4-2-1-3-5-11/h1-6,9,15H,7-8,10H2. The average Bonchev–Trinajstić information content (AvgIpc) is 2.83. The molecule has 0 spiro atoms. The summed E-state index contributed by atoms with van der Waals surface area (Å²) >= 11 is 1.64. The van der Waals surface area contributed by atoms with Crippen LogP contribution in [0.15, 0.2) is 41.9 Å². The Balaban J connectivity index is 2.11. The molecule has 0 atom stereocenters. The van der Waals surface area contributed by atoms with Crippen molar-refractivity contribution in [3.8, 4) is 0 Å². The van der Waals surface area contributed by atoms with Gasteiger partial charge in [0.05, 0.1) is 13.2 Å². The van der Waals surface area contributed by atoms with Crippen molar-refractivity contribution in [3.63, 3.8) is 0 Å². The summed E-state index contributed by atoms with van der Waals surface area (Å²) in [6, 6.07) is 10.1. The molecule has 16 heavy (non-hydrogen) atoms. The number of nitrogens with zero attached hydrogens (tertiary/aromatic N) is 2. The summed E-state index contributed by atoms with van der Waals surface area (Å²) in [6.45, 7) is 1.53. The molecule has 2 rings (SSSR count). The van der Waals surface area contributed by atoms with Crippen molar-refractivity contribution < 1.29 is 5.11 Å². The van der Waals surface area contributed by atoms with Crippen LogP contribution in [0.4, 0.5) is 5.69 Å². The van der Waals surface area contributed by atoms with E-state index in [4.69, 9.17) is 5.11 Å². The van der Waals surface area contributed by atoms with Crippen molar-refractivity contribution in [2.75, 3.05) is 18.1 Å². The fourth-order valence-corrected chi connectivity index (χ4v) is 2.18. The van der Waals surface area contributed by atoms with E-state index in [9.17, 15) is 0 Å². The second kappa shape index (κ2) is 5.63. The maximum atomic E-state index is 9.07. The molecule has 0 aliphatic heterocycles. The van der Waals surface area contributed by atoms with Gasteiger partial charge in [0.1, 0.15) is 5.01 Å². The molecular formula is C12H14N2OS. The van der Waals surface area contributed by atoms with E-state index in [0.717, 1.165) is 17.2 Å². The maximum absolute atomic E-state index is 9.07. The molecule has 2 aromatic rings. The molecule has 1 N–H and O–H groups in total. The minimum absolute atomic E-state index is 0.153. The highest BCUT2D eigenvalue weighted by molar-refractivity contribution is 7.09. The Hall–Kier alpha value is -1.39. The quantitative estimate of drug-likeness (QED) is 0.861. The lowest BCUT2D eigenvalue weighted by atomic mass is 10.3. The molecule has 1 aromatic carbocycles. The molecule has 0 aliphatic rings. The smallest absolute Gasteiger partial charge is 0.112 e. The van der Waals surface area contributed by atoms with Gasteiger partial charge in [0.15, 0.2) is 0 Å². The van der Waals surface area contributed by atoms with Gasteiger partial charge in [-0.15, -0.1) is 11.3 Å². The molecule has 4 heteroatoms. The topological polar surface area (TPSA) is 36.4 Å². The Bertz CT molecular complexity index is 402. The molecule has 0 amide bonds. The fraction of sp³-hybridized carbons (Fsp3) is 0.250. The lowest BCUT2D eigenvalue weighted by Crippen LogP contribution is -2.25. The van der Waals surface area contributed by atoms with Crippen molar-refractivity contribution in [1.82, 2.24) is 4.98 Å². The van der Waals surface area contributed by atoms with E-state index in [1.165, 1.54) is 0 Å².